The van der Waals surface area contributed by atoms with E-state index in [1.807, 2.05) is 6.07 Å². The summed E-state index contributed by atoms with van der Waals surface area (Å²) in [6.07, 6.45) is 1.66. The van der Waals surface area contributed by atoms with Gasteiger partial charge in [0.25, 0.3) is 0 Å². The van der Waals surface area contributed by atoms with Crippen LogP contribution < -0.4 is 10.6 Å². The summed E-state index contributed by atoms with van der Waals surface area (Å²) in [6, 6.07) is 1.95. The van der Waals surface area contributed by atoms with Gasteiger partial charge in [-0.05, 0) is 18.2 Å². The number of nitrogens with zero attached hydrogens (tertiary/aromatic N) is 1. The molecule has 2 N–H and O–H groups in total. The average molecular weight is 288 g/mol. The van der Waals surface area contributed by atoms with Crippen molar-refractivity contribution in [2.24, 2.45) is 0 Å². The number of anilines is 1. The fourth-order valence-electron chi connectivity index (χ4n) is 1.59. The molecule has 1 atom stereocenters. The number of nitrogens with one attached hydrogen (secondary N) is 2. The average Bonchev–Trinajstić information content (AvgIpc) is 2.43. The van der Waals surface area contributed by atoms with Gasteiger partial charge in [0.1, 0.15) is 5.82 Å². The zero-order chi connectivity index (χ0) is 14.1. The minimum Gasteiger partial charge on any atom is -0.382 e. The molecule has 0 aromatic carbocycles. The van der Waals surface area contributed by atoms with Crippen LogP contribution in [0.3, 0.4) is 0 Å². The van der Waals surface area contributed by atoms with E-state index in [0.29, 0.717) is 18.2 Å². The molecule has 1 heterocycles. The molecule has 0 saturated heterocycles. The molecule has 1 aromatic heterocycles. The highest BCUT2D eigenvalue weighted by Crippen LogP contribution is 2.17. The SMILES string of the molecule is CCNCc1cc(NCC(COC)OC)ncc1Cl. The third kappa shape index (κ3) is 5.74. The number of hydrogen-bond donors (Lipinski definition) is 2. The fraction of sp³-hybridized carbons (Fsp3) is 0.615. The molecule has 0 fully saturated rings. The lowest BCUT2D eigenvalue weighted by Crippen LogP contribution is -2.27. The highest BCUT2D eigenvalue weighted by molar-refractivity contribution is 6.31. The lowest BCUT2D eigenvalue weighted by atomic mass is 10.2. The minimum atomic E-state index is -0.000283. The highest BCUT2D eigenvalue weighted by Gasteiger charge is 2.08. The van der Waals surface area contributed by atoms with E-state index in [1.165, 1.54) is 0 Å². The molecule has 0 amide bonds. The van der Waals surface area contributed by atoms with Crippen LogP contribution in [0.5, 0.6) is 0 Å². The number of halogens is 1. The van der Waals surface area contributed by atoms with Crippen LogP contribution in [-0.4, -0.2) is 45.0 Å². The van der Waals surface area contributed by atoms with Gasteiger partial charge < -0.3 is 20.1 Å². The van der Waals surface area contributed by atoms with Crippen LogP contribution in [0, 0.1) is 0 Å². The normalized spacial score (nSPS) is 12.4. The van der Waals surface area contributed by atoms with Crippen molar-refractivity contribution in [2.75, 3.05) is 39.2 Å². The summed E-state index contributed by atoms with van der Waals surface area (Å²) < 4.78 is 10.3. The largest absolute Gasteiger partial charge is 0.382 e. The Hall–Kier alpha value is -0.880. The summed E-state index contributed by atoms with van der Waals surface area (Å²) in [6.45, 7) is 4.88. The van der Waals surface area contributed by atoms with Gasteiger partial charge in [0.15, 0.2) is 0 Å². The van der Waals surface area contributed by atoms with Crippen molar-refractivity contribution < 1.29 is 9.47 Å². The third-order valence-electron chi connectivity index (χ3n) is 2.70. The molecule has 19 heavy (non-hydrogen) atoms. The topological polar surface area (TPSA) is 55.4 Å². The van der Waals surface area contributed by atoms with Crippen molar-refractivity contribution in [3.8, 4) is 0 Å². The van der Waals surface area contributed by atoms with E-state index in [-0.39, 0.29) is 6.10 Å². The van der Waals surface area contributed by atoms with Crippen molar-refractivity contribution in [3.63, 3.8) is 0 Å². The monoisotopic (exact) mass is 287 g/mol. The lowest BCUT2D eigenvalue weighted by Gasteiger charge is -2.16. The molecule has 0 bridgehead atoms. The summed E-state index contributed by atoms with van der Waals surface area (Å²) in [5.74, 6) is 0.787. The van der Waals surface area contributed by atoms with Crippen molar-refractivity contribution in [1.82, 2.24) is 10.3 Å². The fourth-order valence-corrected chi connectivity index (χ4v) is 1.76. The molecule has 0 aliphatic rings. The number of pyridine rings is 1. The Morgan fingerprint density at radius 2 is 2.21 bits per heavy atom. The Morgan fingerprint density at radius 3 is 2.84 bits per heavy atom. The summed E-state index contributed by atoms with van der Waals surface area (Å²) >= 11 is 6.10. The van der Waals surface area contributed by atoms with Crippen LogP contribution in [0.1, 0.15) is 12.5 Å². The number of aromatic nitrogens is 1. The summed E-state index contributed by atoms with van der Waals surface area (Å²) in [4.78, 5) is 4.25. The molecule has 5 nitrogen and oxygen atoms in total. The number of rotatable bonds is 9. The van der Waals surface area contributed by atoms with Gasteiger partial charge in [-0.1, -0.05) is 18.5 Å². The second-order valence-electron chi connectivity index (χ2n) is 4.14. The zero-order valence-electron chi connectivity index (χ0n) is 11.7. The van der Waals surface area contributed by atoms with E-state index >= 15 is 0 Å². The molecule has 6 heteroatoms. The van der Waals surface area contributed by atoms with Gasteiger partial charge in [0.2, 0.25) is 0 Å². The first kappa shape index (κ1) is 16.2. The van der Waals surface area contributed by atoms with E-state index in [2.05, 4.69) is 22.5 Å². The van der Waals surface area contributed by atoms with Crippen LogP contribution in [-0.2, 0) is 16.0 Å². The Morgan fingerprint density at radius 1 is 1.42 bits per heavy atom. The van der Waals surface area contributed by atoms with Crippen molar-refractivity contribution >= 4 is 17.4 Å². The van der Waals surface area contributed by atoms with E-state index in [9.17, 15) is 0 Å². The van der Waals surface area contributed by atoms with Gasteiger partial charge >= 0.3 is 0 Å². The van der Waals surface area contributed by atoms with Crippen LogP contribution in [0.25, 0.3) is 0 Å². The van der Waals surface area contributed by atoms with Crippen molar-refractivity contribution in [1.29, 1.82) is 0 Å². The lowest BCUT2D eigenvalue weighted by molar-refractivity contribution is 0.0365. The Labute approximate surface area is 119 Å². The minimum absolute atomic E-state index is 0.000283. The molecule has 1 rings (SSSR count). The quantitative estimate of drug-likeness (QED) is 0.727. The first-order chi connectivity index (χ1) is 9.21. The van der Waals surface area contributed by atoms with Gasteiger partial charge in [-0.2, -0.15) is 0 Å². The van der Waals surface area contributed by atoms with Crippen molar-refractivity contribution in [3.05, 3.63) is 22.8 Å². The first-order valence-corrected chi connectivity index (χ1v) is 6.69. The second-order valence-corrected chi connectivity index (χ2v) is 4.54. The summed E-state index contributed by atoms with van der Waals surface area (Å²) in [5, 5.41) is 7.14. The number of methoxy groups -OCH3 is 2. The smallest absolute Gasteiger partial charge is 0.126 e. The molecule has 108 valence electrons. The Kier molecular flexibility index (Phi) is 7.74. The summed E-state index contributed by atoms with van der Waals surface area (Å²) in [7, 11) is 3.32. The Bertz CT molecular complexity index is 377. The van der Waals surface area contributed by atoms with Crippen LogP contribution >= 0.6 is 11.6 Å². The van der Waals surface area contributed by atoms with E-state index in [4.69, 9.17) is 21.1 Å². The summed E-state index contributed by atoms with van der Waals surface area (Å²) in [5.41, 5.74) is 1.03. The van der Waals surface area contributed by atoms with Gasteiger partial charge in [-0.15, -0.1) is 0 Å². The van der Waals surface area contributed by atoms with Gasteiger partial charge in [-0.25, -0.2) is 4.98 Å². The standard InChI is InChI=1S/C13H22ClN3O2/c1-4-15-6-10-5-13(17-8-12(10)14)16-7-11(19-3)9-18-2/h5,8,11,15H,4,6-7,9H2,1-3H3,(H,16,17). The van der Waals surface area contributed by atoms with Gasteiger partial charge in [-0.3, -0.25) is 0 Å². The predicted molar refractivity (Wildman–Crippen MR) is 77.8 cm³/mol. The zero-order valence-corrected chi connectivity index (χ0v) is 12.5. The molecule has 0 aliphatic heterocycles. The van der Waals surface area contributed by atoms with E-state index in [0.717, 1.165) is 24.5 Å². The molecule has 1 aromatic rings. The Balaban J connectivity index is 2.58. The van der Waals surface area contributed by atoms with Gasteiger partial charge in [0, 0.05) is 33.5 Å². The highest BCUT2D eigenvalue weighted by atomic mass is 35.5. The second kappa shape index (κ2) is 9.09. The first-order valence-electron chi connectivity index (χ1n) is 6.32. The van der Waals surface area contributed by atoms with Crippen LogP contribution in [0.4, 0.5) is 5.82 Å². The number of hydrogen-bond acceptors (Lipinski definition) is 5. The molecule has 0 saturated carbocycles. The molecule has 0 spiro atoms. The predicted octanol–water partition coefficient (Wildman–Crippen LogP) is 1.92. The molecular formula is C13H22ClN3O2. The molecular weight excluding hydrogens is 266 g/mol. The molecule has 0 aliphatic carbocycles. The van der Waals surface area contributed by atoms with E-state index < -0.39 is 0 Å². The maximum absolute atomic E-state index is 6.10. The van der Waals surface area contributed by atoms with Crippen molar-refractivity contribution in [2.45, 2.75) is 19.6 Å². The maximum Gasteiger partial charge on any atom is 0.126 e. The third-order valence-corrected chi connectivity index (χ3v) is 3.04. The van der Waals surface area contributed by atoms with Crippen LogP contribution in [0.15, 0.2) is 12.3 Å². The maximum atomic E-state index is 6.10. The van der Waals surface area contributed by atoms with Gasteiger partial charge in [0.05, 0.1) is 17.7 Å². The molecule has 1 unspecified atom stereocenters. The van der Waals surface area contributed by atoms with Crippen LogP contribution in [0.2, 0.25) is 5.02 Å². The number of ether oxygens (including phenoxy) is 2. The molecule has 0 radical (unpaired) electrons. The van der Waals surface area contributed by atoms with E-state index in [1.54, 1.807) is 20.4 Å².